The van der Waals surface area contributed by atoms with Gasteiger partial charge < -0.3 is 9.09 Å². The van der Waals surface area contributed by atoms with Gasteiger partial charge in [0.2, 0.25) is 0 Å². The number of ketones is 1. The van der Waals surface area contributed by atoms with E-state index in [1.807, 2.05) is 49.9 Å². The van der Waals surface area contributed by atoms with Crippen molar-refractivity contribution in [2.75, 3.05) is 0 Å². The van der Waals surface area contributed by atoms with Crippen molar-refractivity contribution in [3.05, 3.63) is 41.5 Å². The monoisotopic (exact) mass is 232 g/mol. The SMILES string of the molecule is Cc1cc(Cn2ccc(C(=O)C(C)C)c2)on1. The molecule has 4 nitrogen and oxygen atoms in total. The third-order valence-electron chi connectivity index (χ3n) is 2.57. The summed E-state index contributed by atoms with van der Waals surface area (Å²) in [6.45, 7) is 6.29. The predicted molar refractivity (Wildman–Crippen MR) is 63.9 cm³/mol. The van der Waals surface area contributed by atoms with Gasteiger partial charge in [0.15, 0.2) is 11.5 Å². The molecule has 0 amide bonds. The number of carbonyl (C=O) groups is 1. The summed E-state index contributed by atoms with van der Waals surface area (Å²) >= 11 is 0. The summed E-state index contributed by atoms with van der Waals surface area (Å²) < 4.78 is 7.06. The van der Waals surface area contributed by atoms with Crippen molar-refractivity contribution in [3.63, 3.8) is 0 Å². The first kappa shape index (κ1) is 11.6. The molecule has 0 fully saturated rings. The van der Waals surface area contributed by atoms with Crippen LogP contribution in [0.1, 0.15) is 35.7 Å². The van der Waals surface area contributed by atoms with Crippen molar-refractivity contribution in [1.29, 1.82) is 0 Å². The van der Waals surface area contributed by atoms with Crippen LogP contribution in [0.25, 0.3) is 0 Å². The fraction of sp³-hybridized carbons (Fsp3) is 0.385. The van der Waals surface area contributed by atoms with E-state index in [2.05, 4.69) is 5.16 Å². The van der Waals surface area contributed by atoms with Gasteiger partial charge in [-0.25, -0.2) is 0 Å². The minimum atomic E-state index is 0.0263. The molecular weight excluding hydrogens is 216 g/mol. The highest BCUT2D eigenvalue weighted by Crippen LogP contribution is 2.11. The Morgan fingerprint density at radius 1 is 1.53 bits per heavy atom. The smallest absolute Gasteiger partial charge is 0.166 e. The number of rotatable bonds is 4. The molecule has 0 aliphatic rings. The van der Waals surface area contributed by atoms with Crippen LogP contribution < -0.4 is 0 Å². The average Bonchev–Trinajstić information content (AvgIpc) is 2.87. The maximum Gasteiger partial charge on any atom is 0.166 e. The van der Waals surface area contributed by atoms with Gasteiger partial charge in [0.05, 0.1) is 12.2 Å². The van der Waals surface area contributed by atoms with Crippen LogP contribution in [0.5, 0.6) is 0 Å². The van der Waals surface area contributed by atoms with Crippen LogP contribution in [-0.4, -0.2) is 15.5 Å². The molecule has 4 heteroatoms. The normalized spacial score (nSPS) is 11.1. The molecule has 90 valence electrons. The number of aromatic nitrogens is 2. The second kappa shape index (κ2) is 4.57. The molecule has 17 heavy (non-hydrogen) atoms. The zero-order valence-electron chi connectivity index (χ0n) is 10.3. The molecule has 2 heterocycles. The minimum Gasteiger partial charge on any atom is -0.359 e. The molecule has 2 aromatic heterocycles. The minimum absolute atomic E-state index is 0.0263. The molecule has 0 radical (unpaired) electrons. The van der Waals surface area contributed by atoms with Gasteiger partial charge in [0, 0.05) is 29.9 Å². The van der Waals surface area contributed by atoms with Crippen molar-refractivity contribution in [2.45, 2.75) is 27.3 Å². The van der Waals surface area contributed by atoms with Crippen LogP contribution in [0, 0.1) is 12.8 Å². The number of Topliss-reactive ketones (excluding diaryl/α,β-unsaturated/α-hetero) is 1. The Kier molecular flexibility index (Phi) is 3.13. The van der Waals surface area contributed by atoms with E-state index in [0.29, 0.717) is 6.54 Å². The van der Waals surface area contributed by atoms with E-state index < -0.39 is 0 Å². The van der Waals surface area contributed by atoms with E-state index >= 15 is 0 Å². The Bertz CT molecular complexity index is 523. The zero-order chi connectivity index (χ0) is 12.4. The molecule has 2 aromatic rings. The number of nitrogens with zero attached hydrogens (tertiary/aromatic N) is 2. The average molecular weight is 232 g/mol. The number of hydrogen-bond acceptors (Lipinski definition) is 3. The summed E-state index contributed by atoms with van der Waals surface area (Å²) in [6, 6.07) is 3.73. The second-order valence-corrected chi connectivity index (χ2v) is 4.53. The highest BCUT2D eigenvalue weighted by Gasteiger charge is 2.12. The summed E-state index contributed by atoms with van der Waals surface area (Å²) in [4.78, 5) is 11.8. The molecule has 0 saturated carbocycles. The topological polar surface area (TPSA) is 48.0 Å². The summed E-state index contributed by atoms with van der Waals surface area (Å²) in [5, 5.41) is 3.83. The van der Waals surface area contributed by atoms with Gasteiger partial charge in [-0.1, -0.05) is 19.0 Å². The fourth-order valence-corrected chi connectivity index (χ4v) is 1.69. The van der Waals surface area contributed by atoms with Crippen molar-refractivity contribution in [1.82, 2.24) is 9.72 Å². The zero-order valence-corrected chi connectivity index (χ0v) is 10.3. The second-order valence-electron chi connectivity index (χ2n) is 4.53. The summed E-state index contributed by atoms with van der Waals surface area (Å²) in [5.41, 5.74) is 1.61. The maximum atomic E-state index is 11.8. The standard InChI is InChI=1S/C13H16N2O2/c1-9(2)13(16)11-4-5-15(7-11)8-12-6-10(3)14-17-12/h4-7,9H,8H2,1-3H3. The first-order chi connectivity index (χ1) is 8.06. The van der Waals surface area contributed by atoms with Crippen molar-refractivity contribution in [3.8, 4) is 0 Å². The van der Waals surface area contributed by atoms with Gasteiger partial charge in [-0.05, 0) is 13.0 Å². The predicted octanol–water partition coefficient (Wildman–Crippen LogP) is 2.67. The Labute approximate surface area is 100 Å². The lowest BCUT2D eigenvalue weighted by molar-refractivity contribution is 0.0939. The molecule has 2 rings (SSSR count). The van der Waals surface area contributed by atoms with Gasteiger partial charge in [-0.2, -0.15) is 0 Å². The van der Waals surface area contributed by atoms with Crippen molar-refractivity contribution in [2.24, 2.45) is 5.92 Å². The lowest BCUT2D eigenvalue weighted by Gasteiger charge is -2.00. The van der Waals surface area contributed by atoms with Crippen LogP contribution in [0.3, 0.4) is 0 Å². The third kappa shape index (κ3) is 2.64. The van der Waals surface area contributed by atoms with E-state index in [-0.39, 0.29) is 11.7 Å². The van der Waals surface area contributed by atoms with Gasteiger partial charge in [0.25, 0.3) is 0 Å². The van der Waals surface area contributed by atoms with Crippen LogP contribution in [-0.2, 0) is 6.54 Å². The lowest BCUT2D eigenvalue weighted by Crippen LogP contribution is -2.06. The molecule has 0 unspecified atom stereocenters. The molecule has 0 bridgehead atoms. The summed E-state index contributed by atoms with van der Waals surface area (Å²) in [7, 11) is 0. The maximum absolute atomic E-state index is 11.8. The van der Waals surface area contributed by atoms with Crippen LogP contribution in [0.4, 0.5) is 0 Å². The molecule has 0 aliphatic carbocycles. The van der Waals surface area contributed by atoms with E-state index in [9.17, 15) is 4.79 Å². The quantitative estimate of drug-likeness (QED) is 0.761. The molecule has 0 atom stereocenters. The molecule has 0 saturated heterocycles. The van der Waals surface area contributed by atoms with E-state index in [0.717, 1.165) is 17.0 Å². The Morgan fingerprint density at radius 3 is 2.88 bits per heavy atom. The third-order valence-corrected chi connectivity index (χ3v) is 2.57. The van der Waals surface area contributed by atoms with Crippen molar-refractivity contribution < 1.29 is 9.32 Å². The largest absolute Gasteiger partial charge is 0.359 e. The van der Waals surface area contributed by atoms with Gasteiger partial charge in [0.1, 0.15) is 0 Å². The fourth-order valence-electron chi connectivity index (χ4n) is 1.69. The van der Waals surface area contributed by atoms with Gasteiger partial charge >= 0.3 is 0 Å². The van der Waals surface area contributed by atoms with E-state index in [1.165, 1.54) is 0 Å². The Hall–Kier alpha value is -1.84. The number of hydrogen-bond donors (Lipinski definition) is 0. The lowest BCUT2D eigenvalue weighted by atomic mass is 10.0. The molecule has 0 spiro atoms. The van der Waals surface area contributed by atoms with Crippen LogP contribution >= 0.6 is 0 Å². The summed E-state index contributed by atoms with van der Waals surface area (Å²) in [5.74, 6) is 0.984. The molecular formula is C13H16N2O2. The van der Waals surface area contributed by atoms with E-state index in [4.69, 9.17) is 4.52 Å². The number of carbonyl (C=O) groups excluding carboxylic acids is 1. The Morgan fingerprint density at radius 2 is 2.29 bits per heavy atom. The van der Waals surface area contributed by atoms with E-state index in [1.54, 1.807) is 0 Å². The Balaban J connectivity index is 2.11. The van der Waals surface area contributed by atoms with Crippen molar-refractivity contribution >= 4 is 5.78 Å². The first-order valence-electron chi connectivity index (χ1n) is 5.68. The molecule has 0 N–H and O–H groups in total. The molecule has 0 aromatic carbocycles. The van der Waals surface area contributed by atoms with Gasteiger partial charge in [-0.3, -0.25) is 4.79 Å². The first-order valence-corrected chi connectivity index (χ1v) is 5.68. The summed E-state index contributed by atoms with van der Waals surface area (Å²) in [6.07, 6.45) is 3.73. The van der Waals surface area contributed by atoms with Crippen LogP contribution in [0.2, 0.25) is 0 Å². The molecule has 0 aliphatic heterocycles. The highest BCUT2D eigenvalue weighted by atomic mass is 16.5. The number of aryl methyl sites for hydroxylation is 1. The van der Waals surface area contributed by atoms with Crippen LogP contribution in [0.15, 0.2) is 29.0 Å². The van der Waals surface area contributed by atoms with Gasteiger partial charge in [-0.15, -0.1) is 0 Å². The highest BCUT2D eigenvalue weighted by molar-refractivity contribution is 5.97.